The van der Waals surface area contributed by atoms with Gasteiger partial charge in [-0.25, -0.2) is 17.8 Å². The Hall–Kier alpha value is -0.880. The molecule has 0 saturated carbocycles. The second-order valence-corrected chi connectivity index (χ2v) is 4.63. The summed E-state index contributed by atoms with van der Waals surface area (Å²) in [7, 11) is 2.19. The molecule has 1 aromatic rings. The Kier molecular flexibility index (Phi) is 2.72. The zero-order valence-electron chi connectivity index (χ0n) is 6.49. The predicted octanol–water partition coefficient (Wildman–Crippen LogP) is 1.16. The number of hydrogen-bond acceptors (Lipinski definition) is 4. The van der Waals surface area contributed by atoms with Gasteiger partial charge in [0.05, 0.1) is 13.3 Å². The molecule has 0 amide bonds. The van der Waals surface area contributed by atoms with Gasteiger partial charge in [-0.15, -0.1) is 0 Å². The van der Waals surface area contributed by atoms with Gasteiger partial charge in [-0.1, -0.05) is 0 Å². The fraction of sp³-hybridized carbons (Fsp3) is 0.167. The molecule has 1 aromatic heterocycles. The van der Waals surface area contributed by atoms with Gasteiger partial charge in [0.2, 0.25) is 5.88 Å². The molecular formula is C6H5ClFNO3S. The lowest BCUT2D eigenvalue weighted by Gasteiger charge is -2.02. The number of methoxy groups -OCH3 is 1. The SMILES string of the molecule is COc1ncc(F)cc1S(=O)(=O)Cl. The summed E-state index contributed by atoms with van der Waals surface area (Å²) in [6, 6.07) is 0.744. The summed E-state index contributed by atoms with van der Waals surface area (Å²) in [6.45, 7) is 0. The molecule has 0 bridgehead atoms. The number of ether oxygens (including phenoxy) is 1. The largest absolute Gasteiger partial charge is 0.480 e. The van der Waals surface area contributed by atoms with E-state index in [9.17, 15) is 12.8 Å². The smallest absolute Gasteiger partial charge is 0.266 e. The van der Waals surface area contributed by atoms with Crippen molar-refractivity contribution in [2.75, 3.05) is 7.11 Å². The third-order valence-electron chi connectivity index (χ3n) is 1.24. The Labute approximate surface area is 78.7 Å². The highest BCUT2D eigenvalue weighted by molar-refractivity contribution is 8.13. The highest BCUT2D eigenvalue weighted by atomic mass is 35.7. The quantitative estimate of drug-likeness (QED) is 0.709. The van der Waals surface area contributed by atoms with E-state index < -0.39 is 19.8 Å². The molecule has 0 aliphatic heterocycles. The fourth-order valence-corrected chi connectivity index (χ4v) is 1.67. The lowest BCUT2D eigenvalue weighted by Crippen LogP contribution is -1.99. The molecule has 0 atom stereocenters. The molecular weight excluding hydrogens is 221 g/mol. The van der Waals surface area contributed by atoms with Crippen molar-refractivity contribution < 1.29 is 17.5 Å². The van der Waals surface area contributed by atoms with Crippen LogP contribution in [-0.4, -0.2) is 20.5 Å². The van der Waals surface area contributed by atoms with Crippen LogP contribution in [0.15, 0.2) is 17.2 Å². The molecule has 1 heterocycles. The van der Waals surface area contributed by atoms with Gasteiger partial charge in [0, 0.05) is 16.7 Å². The number of pyridine rings is 1. The Balaban J connectivity index is 3.41. The molecule has 0 radical (unpaired) electrons. The van der Waals surface area contributed by atoms with Crippen LogP contribution >= 0.6 is 10.7 Å². The first-order valence-corrected chi connectivity index (χ1v) is 5.40. The summed E-state index contributed by atoms with van der Waals surface area (Å²) in [5.41, 5.74) is 0. The molecule has 1 rings (SSSR count). The van der Waals surface area contributed by atoms with Gasteiger partial charge in [-0.2, -0.15) is 0 Å². The van der Waals surface area contributed by atoms with E-state index in [2.05, 4.69) is 9.72 Å². The van der Waals surface area contributed by atoms with Crippen molar-refractivity contribution >= 4 is 19.7 Å². The number of nitrogens with zero attached hydrogens (tertiary/aromatic N) is 1. The van der Waals surface area contributed by atoms with Gasteiger partial charge in [0.1, 0.15) is 10.7 Å². The van der Waals surface area contributed by atoms with E-state index in [1.807, 2.05) is 0 Å². The third kappa shape index (κ3) is 2.28. The minimum atomic E-state index is -4.02. The average molecular weight is 226 g/mol. The minimum absolute atomic E-state index is 0.226. The zero-order valence-corrected chi connectivity index (χ0v) is 8.06. The van der Waals surface area contributed by atoms with E-state index in [1.165, 1.54) is 7.11 Å². The van der Waals surface area contributed by atoms with E-state index >= 15 is 0 Å². The number of rotatable bonds is 2. The molecule has 0 saturated heterocycles. The molecule has 72 valence electrons. The Morgan fingerprint density at radius 2 is 2.23 bits per heavy atom. The van der Waals surface area contributed by atoms with Crippen molar-refractivity contribution in [2.45, 2.75) is 4.90 Å². The van der Waals surface area contributed by atoms with E-state index in [1.54, 1.807) is 0 Å². The molecule has 0 N–H and O–H groups in total. The van der Waals surface area contributed by atoms with E-state index in [0.717, 1.165) is 12.3 Å². The minimum Gasteiger partial charge on any atom is -0.480 e. The van der Waals surface area contributed by atoms with E-state index in [4.69, 9.17) is 10.7 Å². The summed E-state index contributed by atoms with van der Waals surface area (Å²) in [6.07, 6.45) is 0.838. The topological polar surface area (TPSA) is 56.3 Å². The van der Waals surface area contributed by atoms with Crippen LogP contribution in [0.3, 0.4) is 0 Å². The van der Waals surface area contributed by atoms with Crippen LogP contribution in [0.4, 0.5) is 4.39 Å². The monoisotopic (exact) mass is 225 g/mol. The Morgan fingerprint density at radius 3 is 2.69 bits per heavy atom. The summed E-state index contributed by atoms with van der Waals surface area (Å²) in [4.78, 5) is 2.93. The lowest BCUT2D eigenvalue weighted by atomic mass is 10.5. The Morgan fingerprint density at radius 1 is 1.62 bits per heavy atom. The van der Waals surface area contributed by atoms with Crippen molar-refractivity contribution in [2.24, 2.45) is 0 Å². The summed E-state index contributed by atoms with van der Waals surface area (Å²) < 4.78 is 38.8. The summed E-state index contributed by atoms with van der Waals surface area (Å²) in [5, 5.41) is 0. The van der Waals surface area contributed by atoms with Crippen LogP contribution in [0.25, 0.3) is 0 Å². The second kappa shape index (κ2) is 3.47. The predicted molar refractivity (Wildman–Crippen MR) is 43.8 cm³/mol. The molecule has 13 heavy (non-hydrogen) atoms. The third-order valence-corrected chi connectivity index (χ3v) is 2.56. The van der Waals surface area contributed by atoms with Crippen LogP contribution in [-0.2, 0) is 9.05 Å². The highest BCUT2D eigenvalue weighted by Gasteiger charge is 2.18. The van der Waals surface area contributed by atoms with Crippen LogP contribution < -0.4 is 4.74 Å². The van der Waals surface area contributed by atoms with Crippen LogP contribution in [0.5, 0.6) is 5.88 Å². The zero-order chi connectivity index (χ0) is 10.1. The van der Waals surface area contributed by atoms with Crippen molar-refractivity contribution in [3.05, 3.63) is 18.1 Å². The molecule has 7 heteroatoms. The van der Waals surface area contributed by atoms with Crippen molar-refractivity contribution in [1.82, 2.24) is 4.98 Å². The maximum absolute atomic E-state index is 12.6. The number of aromatic nitrogens is 1. The average Bonchev–Trinajstić information content (AvgIpc) is 2.03. The standard InChI is InChI=1S/C6H5ClFNO3S/c1-12-6-5(13(7,10)11)2-4(8)3-9-6/h2-3H,1H3. The second-order valence-electron chi connectivity index (χ2n) is 2.10. The molecule has 0 aliphatic carbocycles. The van der Waals surface area contributed by atoms with Gasteiger partial charge >= 0.3 is 0 Å². The first-order chi connectivity index (χ1) is 5.95. The van der Waals surface area contributed by atoms with Crippen LogP contribution in [0.2, 0.25) is 0 Å². The molecule has 4 nitrogen and oxygen atoms in total. The highest BCUT2D eigenvalue weighted by Crippen LogP contribution is 2.24. The van der Waals surface area contributed by atoms with Crippen LogP contribution in [0.1, 0.15) is 0 Å². The maximum atomic E-state index is 12.6. The van der Waals surface area contributed by atoms with E-state index in [-0.39, 0.29) is 5.88 Å². The number of hydrogen-bond donors (Lipinski definition) is 0. The maximum Gasteiger partial charge on any atom is 0.266 e. The first kappa shape index (κ1) is 10.2. The van der Waals surface area contributed by atoms with Gasteiger partial charge in [0.15, 0.2) is 0 Å². The van der Waals surface area contributed by atoms with Crippen molar-refractivity contribution in [3.63, 3.8) is 0 Å². The number of halogens is 2. The first-order valence-electron chi connectivity index (χ1n) is 3.09. The van der Waals surface area contributed by atoms with Crippen molar-refractivity contribution in [3.8, 4) is 5.88 Å². The summed E-state index contributed by atoms with van der Waals surface area (Å²) >= 11 is 0. The van der Waals surface area contributed by atoms with Gasteiger partial charge in [-0.05, 0) is 0 Å². The van der Waals surface area contributed by atoms with Gasteiger partial charge in [-0.3, -0.25) is 0 Å². The molecule has 0 aliphatic rings. The fourth-order valence-electron chi connectivity index (χ4n) is 0.736. The molecule has 0 aromatic carbocycles. The Bertz CT molecular complexity index is 420. The molecule has 0 spiro atoms. The molecule has 0 fully saturated rings. The van der Waals surface area contributed by atoms with Crippen molar-refractivity contribution in [1.29, 1.82) is 0 Å². The van der Waals surface area contributed by atoms with E-state index in [0.29, 0.717) is 0 Å². The van der Waals surface area contributed by atoms with Crippen LogP contribution in [0, 0.1) is 5.82 Å². The summed E-state index contributed by atoms with van der Waals surface area (Å²) in [5.74, 6) is -1.02. The lowest BCUT2D eigenvalue weighted by molar-refractivity contribution is 0.382. The normalized spacial score (nSPS) is 11.3. The van der Waals surface area contributed by atoms with Gasteiger partial charge in [0.25, 0.3) is 9.05 Å². The molecule has 0 unspecified atom stereocenters. The van der Waals surface area contributed by atoms with Gasteiger partial charge < -0.3 is 4.74 Å².